The monoisotopic (exact) mass is 328 g/mol. The molecule has 1 heterocycles. The first kappa shape index (κ1) is 16.7. The summed E-state index contributed by atoms with van der Waals surface area (Å²) in [5.74, 6) is -0.322. The Kier molecular flexibility index (Phi) is 5.00. The molecule has 24 heavy (non-hydrogen) atoms. The Morgan fingerprint density at radius 1 is 1.29 bits per heavy atom. The van der Waals surface area contributed by atoms with E-state index in [-0.39, 0.29) is 17.4 Å². The topological polar surface area (TPSA) is 53.4 Å². The summed E-state index contributed by atoms with van der Waals surface area (Å²) >= 11 is 0. The molecule has 3 rings (SSSR count). The van der Waals surface area contributed by atoms with Gasteiger partial charge in [0.05, 0.1) is 31.8 Å². The fourth-order valence-corrected chi connectivity index (χ4v) is 3.27. The predicted molar refractivity (Wildman–Crippen MR) is 90.9 cm³/mol. The van der Waals surface area contributed by atoms with Crippen molar-refractivity contribution in [3.63, 3.8) is 0 Å². The number of rotatable bonds is 7. The quantitative estimate of drug-likeness (QED) is 0.730. The van der Waals surface area contributed by atoms with Gasteiger partial charge in [-0.3, -0.25) is 0 Å². The summed E-state index contributed by atoms with van der Waals surface area (Å²) in [5, 5.41) is 0. The van der Waals surface area contributed by atoms with Gasteiger partial charge in [-0.25, -0.2) is 9.78 Å². The van der Waals surface area contributed by atoms with Crippen LogP contribution in [0.2, 0.25) is 0 Å². The molecule has 2 aromatic rings. The largest absolute Gasteiger partial charge is 0.460 e. The summed E-state index contributed by atoms with van der Waals surface area (Å²) in [6.07, 6.45) is 6.53. The maximum atomic E-state index is 12.5. The average Bonchev–Trinajstić information content (AvgIpc) is 3.06. The van der Waals surface area contributed by atoms with Crippen LogP contribution in [-0.2, 0) is 9.47 Å². The number of hydrogen-bond acceptors (Lipinski definition) is 4. The third-order valence-corrected chi connectivity index (χ3v) is 4.95. The minimum absolute atomic E-state index is 0.000305. The summed E-state index contributed by atoms with van der Waals surface area (Å²) in [7, 11) is 1.69. The normalized spacial score (nSPS) is 17.1. The van der Waals surface area contributed by atoms with Gasteiger partial charge in [0.25, 0.3) is 0 Å². The van der Waals surface area contributed by atoms with Crippen molar-refractivity contribution in [3.05, 3.63) is 54.1 Å². The van der Waals surface area contributed by atoms with Crippen molar-refractivity contribution in [2.45, 2.75) is 32.2 Å². The number of imidazole rings is 1. The molecule has 0 N–H and O–H groups in total. The standard InChI is InChI=1S/C19H24N2O3/c1-15(16-7-4-3-5-8-16)21-14-20-11-17(21)18(22)24-13-19(12-23-2)9-6-10-19/h3-5,7-8,11,14-15H,6,9-10,12-13H2,1-2H3/t15-/m1/s1. The lowest BCUT2D eigenvalue weighted by atomic mass is 9.70. The molecule has 1 atom stereocenters. The summed E-state index contributed by atoms with van der Waals surface area (Å²) in [6.45, 7) is 3.09. The van der Waals surface area contributed by atoms with E-state index < -0.39 is 0 Å². The first-order chi connectivity index (χ1) is 11.7. The maximum absolute atomic E-state index is 12.5. The Bertz CT molecular complexity index is 677. The maximum Gasteiger partial charge on any atom is 0.356 e. The highest BCUT2D eigenvalue weighted by atomic mass is 16.5. The molecule has 0 spiro atoms. The van der Waals surface area contributed by atoms with E-state index in [1.165, 1.54) is 6.42 Å². The van der Waals surface area contributed by atoms with Crippen LogP contribution in [0.15, 0.2) is 42.9 Å². The molecule has 1 aromatic carbocycles. The van der Waals surface area contributed by atoms with Gasteiger partial charge < -0.3 is 14.0 Å². The Morgan fingerprint density at radius 3 is 2.67 bits per heavy atom. The summed E-state index contributed by atoms with van der Waals surface area (Å²) in [4.78, 5) is 16.7. The Morgan fingerprint density at radius 2 is 2.04 bits per heavy atom. The number of aromatic nitrogens is 2. The highest BCUT2D eigenvalue weighted by Crippen LogP contribution is 2.41. The van der Waals surface area contributed by atoms with E-state index in [1.807, 2.05) is 41.8 Å². The van der Waals surface area contributed by atoms with Crippen molar-refractivity contribution in [1.29, 1.82) is 0 Å². The molecule has 5 heteroatoms. The van der Waals surface area contributed by atoms with E-state index in [0.29, 0.717) is 18.9 Å². The van der Waals surface area contributed by atoms with Gasteiger partial charge in [0, 0.05) is 12.5 Å². The molecule has 5 nitrogen and oxygen atoms in total. The SMILES string of the molecule is COCC1(COC(=O)c2cncn2[C@H](C)c2ccccc2)CCC1. The van der Waals surface area contributed by atoms with Crippen LogP contribution in [0.25, 0.3) is 0 Å². The predicted octanol–water partition coefficient (Wildman–Crippen LogP) is 3.47. The molecule has 0 amide bonds. The van der Waals surface area contributed by atoms with Gasteiger partial charge in [-0.2, -0.15) is 0 Å². The van der Waals surface area contributed by atoms with Crippen LogP contribution >= 0.6 is 0 Å². The molecule has 0 bridgehead atoms. The Balaban J connectivity index is 1.69. The van der Waals surface area contributed by atoms with Crippen molar-refractivity contribution in [2.75, 3.05) is 20.3 Å². The zero-order valence-corrected chi connectivity index (χ0v) is 14.3. The van der Waals surface area contributed by atoms with Crippen molar-refractivity contribution >= 4 is 5.97 Å². The van der Waals surface area contributed by atoms with Crippen molar-refractivity contribution in [2.24, 2.45) is 5.41 Å². The van der Waals surface area contributed by atoms with Gasteiger partial charge >= 0.3 is 5.97 Å². The molecule has 0 radical (unpaired) electrons. The summed E-state index contributed by atoms with van der Waals surface area (Å²) < 4.78 is 12.7. The van der Waals surface area contributed by atoms with Gasteiger partial charge in [0.15, 0.2) is 0 Å². The van der Waals surface area contributed by atoms with Crippen LogP contribution in [0, 0.1) is 5.41 Å². The van der Waals surface area contributed by atoms with E-state index in [9.17, 15) is 4.79 Å². The van der Waals surface area contributed by atoms with E-state index >= 15 is 0 Å². The number of carbonyl (C=O) groups excluding carboxylic acids is 1. The average molecular weight is 328 g/mol. The van der Waals surface area contributed by atoms with Gasteiger partial charge in [-0.05, 0) is 25.3 Å². The van der Waals surface area contributed by atoms with Gasteiger partial charge in [-0.1, -0.05) is 36.8 Å². The number of benzene rings is 1. The van der Waals surface area contributed by atoms with Gasteiger partial charge in [0.2, 0.25) is 0 Å². The van der Waals surface area contributed by atoms with Crippen LogP contribution in [0.1, 0.15) is 48.3 Å². The molecule has 128 valence electrons. The third kappa shape index (κ3) is 3.36. The zero-order valence-electron chi connectivity index (χ0n) is 14.3. The highest BCUT2D eigenvalue weighted by Gasteiger charge is 2.38. The molecule has 0 unspecified atom stereocenters. The molecule has 1 saturated carbocycles. The van der Waals surface area contributed by atoms with E-state index in [0.717, 1.165) is 18.4 Å². The second kappa shape index (κ2) is 7.18. The van der Waals surface area contributed by atoms with E-state index in [1.54, 1.807) is 19.6 Å². The molecular weight excluding hydrogens is 304 g/mol. The number of ether oxygens (including phenoxy) is 2. The fourth-order valence-electron chi connectivity index (χ4n) is 3.27. The van der Waals surface area contributed by atoms with Gasteiger partial charge in [-0.15, -0.1) is 0 Å². The lowest BCUT2D eigenvalue weighted by Crippen LogP contribution is -2.39. The molecular formula is C19H24N2O3. The minimum Gasteiger partial charge on any atom is -0.460 e. The molecule has 1 aromatic heterocycles. The minimum atomic E-state index is -0.322. The second-order valence-electron chi connectivity index (χ2n) is 6.64. The van der Waals surface area contributed by atoms with Crippen molar-refractivity contribution in [3.8, 4) is 0 Å². The Hall–Kier alpha value is -2.14. The molecule has 0 saturated heterocycles. The zero-order chi connectivity index (χ0) is 17.0. The van der Waals surface area contributed by atoms with Crippen LogP contribution in [0.3, 0.4) is 0 Å². The van der Waals surface area contributed by atoms with Crippen molar-refractivity contribution < 1.29 is 14.3 Å². The van der Waals surface area contributed by atoms with E-state index in [4.69, 9.17) is 9.47 Å². The summed E-state index contributed by atoms with van der Waals surface area (Å²) in [6, 6.07) is 10.1. The first-order valence-electron chi connectivity index (χ1n) is 8.38. The molecule has 1 aliphatic rings. The summed E-state index contributed by atoms with van der Waals surface area (Å²) in [5.41, 5.74) is 1.61. The number of hydrogen-bond donors (Lipinski definition) is 0. The van der Waals surface area contributed by atoms with Crippen LogP contribution in [-0.4, -0.2) is 35.8 Å². The van der Waals surface area contributed by atoms with Crippen molar-refractivity contribution in [1.82, 2.24) is 9.55 Å². The van der Waals surface area contributed by atoms with E-state index in [2.05, 4.69) is 4.98 Å². The van der Waals surface area contributed by atoms with Crippen LogP contribution in [0.5, 0.6) is 0 Å². The van der Waals surface area contributed by atoms with Crippen LogP contribution in [0.4, 0.5) is 0 Å². The smallest absolute Gasteiger partial charge is 0.356 e. The molecule has 1 aliphatic carbocycles. The number of esters is 1. The number of nitrogens with zero attached hydrogens (tertiary/aromatic N) is 2. The number of carbonyl (C=O) groups is 1. The molecule has 0 aliphatic heterocycles. The second-order valence-corrected chi connectivity index (χ2v) is 6.64. The lowest BCUT2D eigenvalue weighted by molar-refractivity contribution is -0.0406. The number of methoxy groups -OCH3 is 1. The third-order valence-electron chi connectivity index (χ3n) is 4.95. The Labute approximate surface area is 142 Å². The first-order valence-corrected chi connectivity index (χ1v) is 8.38. The van der Waals surface area contributed by atoms with Crippen LogP contribution < -0.4 is 0 Å². The highest BCUT2D eigenvalue weighted by molar-refractivity contribution is 5.87. The molecule has 1 fully saturated rings. The van der Waals surface area contributed by atoms with Gasteiger partial charge in [0.1, 0.15) is 5.69 Å². The fraction of sp³-hybridized carbons (Fsp3) is 0.474. The lowest BCUT2D eigenvalue weighted by Gasteiger charge is -2.40.